The predicted molar refractivity (Wildman–Crippen MR) is 113 cm³/mol. The van der Waals surface area contributed by atoms with E-state index in [9.17, 15) is 22.7 Å². The summed E-state index contributed by atoms with van der Waals surface area (Å²) < 4.78 is 43.7. The van der Waals surface area contributed by atoms with Gasteiger partial charge in [0.1, 0.15) is 16.5 Å². The Balaban J connectivity index is 2.71. The minimum atomic E-state index is -4.30. The first kappa shape index (κ1) is 23.6. The fourth-order valence-electron chi connectivity index (χ4n) is 2.93. The summed E-state index contributed by atoms with van der Waals surface area (Å²) in [6.07, 6.45) is 3.44. The number of sulfonamides is 1. The maximum Gasteiger partial charge on any atom is 0.335 e. The Hall–Kier alpha value is -2.65. The lowest BCUT2D eigenvalue weighted by Crippen LogP contribution is -2.27. The van der Waals surface area contributed by atoms with Gasteiger partial charge in [-0.3, -0.25) is 0 Å². The molecular weight excluding hydrogens is 411 g/mol. The van der Waals surface area contributed by atoms with Crippen LogP contribution in [-0.4, -0.2) is 32.6 Å². The molecule has 0 aliphatic rings. The SMILES string of the molecule is CCCCN(CCCC)c1cc(C(=O)O)cc(S(N)(=O)=O)c1Oc1ccc(F)cc1. The second-order valence-electron chi connectivity index (χ2n) is 6.92. The topological polar surface area (TPSA) is 110 Å². The van der Waals surface area contributed by atoms with E-state index in [1.807, 2.05) is 18.7 Å². The molecule has 0 unspecified atom stereocenters. The second kappa shape index (κ2) is 10.4. The van der Waals surface area contributed by atoms with E-state index in [2.05, 4.69) is 0 Å². The van der Waals surface area contributed by atoms with E-state index >= 15 is 0 Å². The summed E-state index contributed by atoms with van der Waals surface area (Å²) in [5.74, 6) is -1.61. The number of carboxylic acids is 1. The molecule has 3 N–H and O–H groups in total. The van der Waals surface area contributed by atoms with Gasteiger partial charge in [0.25, 0.3) is 0 Å². The van der Waals surface area contributed by atoms with Crippen LogP contribution in [0.2, 0.25) is 0 Å². The first-order valence-electron chi connectivity index (χ1n) is 9.79. The highest BCUT2D eigenvalue weighted by molar-refractivity contribution is 7.89. The number of benzene rings is 2. The average Bonchev–Trinajstić information content (AvgIpc) is 2.69. The summed E-state index contributed by atoms with van der Waals surface area (Å²) >= 11 is 0. The molecule has 0 heterocycles. The van der Waals surface area contributed by atoms with Crippen molar-refractivity contribution in [3.8, 4) is 11.5 Å². The zero-order valence-electron chi connectivity index (χ0n) is 17.1. The van der Waals surface area contributed by atoms with Crippen LogP contribution in [0.1, 0.15) is 49.9 Å². The number of ether oxygens (including phenoxy) is 1. The fraction of sp³-hybridized carbons (Fsp3) is 0.381. The molecule has 30 heavy (non-hydrogen) atoms. The van der Waals surface area contributed by atoms with Gasteiger partial charge in [-0.05, 0) is 49.2 Å². The summed E-state index contributed by atoms with van der Waals surface area (Å²) in [6.45, 7) is 5.22. The first-order chi connectivity index (χ1) is 14.2. The van der Waals surface area contributed by atoms with Gasteiger partial charge < -0.3 is 14.7 Å². The van der Waals surface area contributed by atoms with Crippen LogP contribution in [0.3, 0.4) is 0 Å². The number of anilines is 1. The highest BCUT2D eigenvalue weighted by Gasteiger charge is 2.26. The molecule has 164 valence electrons. The number of nitrogens with two attached hydrogens (primary N) is 1. The molecule has 0 saturated carbocycles. The van der Waals surface area contributed by atoms with Crippen LogP contribution in [0.4, 0.5) is 10.1 Å². The number of hydrogen-bond donors (Lipinski definition) is 2. The average molecular weight is 439 g/mol. The number of aromatic carboxylic acids is 1. The zero-order valence-corrected chi connectivity index (χ0v) is 17.9. The molecule has 0 aliphatic heterocycles. The van der Waals surface area contributed by atoms with Gasteiger partial charge in [-0.15, -0.1) is 0 Å². The first-order valence-corrected chi connectivity index (χ1v) is 11.3. The van der Waals surface area contributed by atoms with Gasteiger partial charge in [-0.1, -0.05) is 26.7 Å². The highest BCUT2D eigenvalue weighted by Crippen LogP contribution is 2.39. The summed E-state index contributed by atoms with van der Waals surface area (Å²) in [5.41, 5.74) is 0.114. The van der Waals surface area contributed by atoms with Gasteiger partial charge in [-0.2, -0.15) is 0 Å². The van der Waals surface area contributed by atoms with Crippen LogP contribution in [0.15, 0.2) is 41.3 Å². The third kappa shape index (κ3) is 6.17. The molecule has 2 aromatic rings. The third-order valence-electron chi connectivity index (χ3n) is 4.53. The molecule has 0 fully saturated rings. The molecule has 2 rings (SSSR count). The molecule has 0 aromatic heterocycles. The molecule has 0 radical (unpaired) electrons. The predicted octanol–water partition coefficient (Wildman–Crippen LogP) is 4.37. The molecular formula is C21H27FN2O5S. The quantitative estimate of drug-likeness (QED) is 0.539. The number of carboxylic acid groups (broad SMARTS) is 1. The van der Waals surface area contributed by atoms with E-state index < -0.39 is 26.7 Å². The lowest BCUT2D eigenvalue weighted by molar-refractivity contribution is 0.0696. The molecule has 0 atom stereocenters. The summed E-state index contributed by atoms with van der Waals surface area (Å²) in [4.78, 5) is 13.1. The number of halogens is 1. The Labute approximate surface area is 176 Å². The smallest absolute Gasteiger partial charge is 0.335 e. The molecule has 0 aliphatic carbocycles. The minimum absolute atomic E-state index is 0.0682. The fourth-order valence-corrected chi connectivity index (χ4v) is 3.63. The maximum atomic E-state index is 13.3. The molecule has 7 nitrogen and oxygen atoms in total. The van der Waals surface area contributed by atoms with Gasteiger partial charge in [0.15, 0.2) is 5.75 Å². The third-order valence-corrected chi connectivity index (χ3v) is 5.44. The zero-order chi connectivity index (χ0) is 22.3. The van der Waals surface area contributed by atoms with E-state index in [0.717, 1.165) is 31.7 Å². The number of unbranched alkanes of at least 4 members (excludes halogenated alkanes) is 2. The molecule has 0 amide bonds. The van der Waals surface area contributed by atoms with E-state index in [1.165, 1.54) is 30.3 Å². The van der Waals surface area contributed by atoms with E-state index in [0.29, 0.717) is 18.8 Å². The van der Waals surface area contributed by atoms with Crippen molar-refractivity contribution in [2.75, 3.05) is 18.0 Å². The van der Waals surface area contributed by atoms with Crippen molar-refractivity contribution in [3.63, 3.8) is 0 Å². The van der Waals surface area contributed by atoms with Gasteiger partial charge in [-0.25, -0.2) is 22.7 Å². The number of carbonyl (C=O) groups is 1. The lowest BCUT2D eigenvalue weighted by atomic mass is 10.1. The second-order valence-corrected chi connectivity index (χ2v) is 8.45. The Morgan fingerprint density at radius 2 is 1.67 bits per heavy atom. The number of nitrogens with zero attached hydrogens (tertiary/aromatic N) is 1. The van der Waals surface area contributed by atoms with Crippen molar-refractivity contribution in [2.45, 2.75) is 44.4 Å². The van der Waals surface area contributed by atoms with Gasteiger partial charge in [0, 0.05) is 13.1 Å². The van der Waals surface area contributed by atoms with Crippen LogP contribution in [0, 0.1) is 5.82 Å². The van der Waals surface area contributed by atoms with Crippen LogP contribution < -0.4 is 14.8 Å². The van der Waals surface area contributed by atoms with Gasteiger partial charge in [0.2, 0.25) is 10.0 Å². The van der Waals surface area contributed by atoms with Gasteiger partial charge in [0.05, 0.1) is 11.3 Å². The summed E-state index contributed by atoms with van der Waals surface area (Å²) in [7, 11) is -4.30. The van der Waals surface area contributed by atoms with E-state index in [1.54, 1.807) is 0 Å². The highest BCUT2D eigenvalue weighted by atomic mass is 32.2. The number of hydrogen-bond acceptors (Lipinski definition) is 5. The lowest BCUT2D eigenvalue weighted by Gasteiger charge is -2.28. The standard InChI is InChI=1S/C21H27FN2O5S/c1-3-5-11-24(12-6-4-2)18-13-15(21(25)26)14-19(30(23,27)28)20(18)29-17-9-7-16(22)8-10-17/h7-10,13-14H,3-6,11-12H2,1-2H3,(H,25,26)(H2,23,27,28). The Morgan fingerprint density at radius 3 is 2.13 bits per heavy atom. The molecule has 2 aromatic carbocycles. The normalized spacial score (nSPS) is 11.3. The molecule has 9 heteroatoms. The Kier molecular flexibility index (Phi) is 8.19. The van der Waals surface area contributed by atoms with Crippen LogP contribution >= 0.6 is 0 Å². The number of primary sulfonamides is 1. The minimum Gasteiger partial charge on any atom is -0.478 e. The van der Waals surface area contributed by atoms with Gasteiger partial charge >= 0.3 is 5.97 Å². The van der Waals surface area contributed by atoms with Crippen molar-refractivity contribution in [1.82, 2.24) is 0 Å². The van der Waals surface area contributed by atoms with Crippen LogP contribution in [0.5, 0.6) is 11.5 Å². The van der Waals surface area contributed by atoms with E-state index in [4.69, 9.17) is 9.88 Å². The van der Waals surface area contributed by atoms with Crippen molar-refractivity contribution >= 4 is 21.7 Å². The largest absolute Gasteiger partial charge is 0.478 e. The molecule has 0 spiro atoms. The summed E-state index contributed by atoms with van der Waals surface area (Å²) in [6, 6.07) is 7.46. The van der Waals surface area contributed by atoms with Crippen molar-refractivity contribution in [3.05, 3.63) is 47.8 Å². The monoisotopic (exact) mass is 438 g/mol. The molecule has 0 saturated heterocycles. The Bertz CT molecular complexity index is 970. The van der Waals surface area contributed by atoms with Crippen molar-refractivity contribution in [1.29, 1.82) is 0 Å². The van der Waals surface area contributed by atoms with Crippen molar-refractivity contribution < 1.29 is 27.4 Å². The number of rotatable bonds is 11. The van der Waals surface area contributed by atoms with E-state index in [-0.39, 0.29) is 17.1 Å². The van der Waals surface area contributed by atoms with Crippen LogP contribution in [0.25, 0.3) is 0 Å². The van der Waals surface area contributed by atoms with Crippen LogP contribution in [-0.2, 0) is 10.0 Å². The molecule has 0 bridgehead atoms. The Morgan fingerprint density at radius 1 is 1.10 bits per heavy atom. The van der Waals surface area contributed by atoms with Crippen molar-refractivity contribution in [2.24, 2.45) is 5.14 Å². The summed E-state index contributed by atoms with van der Waals surface area (Å²) in [5, 5.41) is 14.9. The maximum absolute atomic E-state index is 13.3.